The van der Waals surface area contributed by atoms with Crippen LogP contribution in [0.4, 0.5) is 0 Å². The first-order chi connectivity index (χ1) is 6.83. The molecule has 0 spiro atoms. The number of rotatable bonds is 2. The Morgan fingerprint density at radius 3 is 3.29 bits per heavy atom. The van der Waals surface area contributed by atoms with Crippen molar-refractivity contribution in [2.24, 2.45) is 0 Å². The van der Waals surface area contributed by atoms with Gasteiger partial charge in [0, 0.05) is 18.4 Å². The van der Waals surface area contributed by atoms with Gasteiger partial charge in [0.1, 0.15) is 0 Å². The number of hydrogen-bond acceptors (Lipinski definition) is 3. The van der Waals surface area contributed by atoms with Crippen LogP contribution in [0.25, 0.3) is 0 Å². The van der Waals surface area contributed by atoms with Gasteiger partial charge in [-0.3, -0.25) is 0 Å². The molecule has 0 aliphatic carbocycles. The van der Waals surface area contributed by atoms with E-state index >= 15 is 0 Å². The number of aromatic amines is 1. The highest BCUT2D eigenvalue weighted by Gasteiger charge is 2.19. The van der Waals surface area contributed by atoms with Crippen LogP contribution in [0.5, 0.6) is 0 Å². The molecule has 1 aromatic heterocycles. The Labute approximate surface area is 82.6 Å². The van der Waals surface area contributed by atoms with Crippen molar-refractivity contribution in [1.29, 1.82) is 0 Å². The van der Waals surface area contributed by atoms with E-state index in [0.29, 0.717) is 12.2 Å². The van der Waals surface area contributed by atoms with Crippen molar-refractivity contribution in [3.8, 4) is 0 Å². The van der Waals surface area contributed by atoms with Crippen molar-refractivity contribution in [3.63, 3.8) is 0 Å². The van der Waals surface area contributed by atoms with E-state index in [9.17, 15) is 4.79 Å². The second-order valence-electron chi connectivity index (χ2n) is 3.31. The third-order valence-corrected chi connectivity index (χ3v) is 2.43. The Hall–Kier alpha value is -1.29. The molecular formula is C10H14N2O2. The fraction of sp³-hybridized carbons (Fsp3) is 0.500. The fourth-order valence-corrected chi connectivity index (χ4v) is 1.76. The maximum Gasteiger partial charge on any atom is 0.339 e. The molecule has 1 aliphatic heterocycles. The van der Waals surface area contributed by atoms with Gasteiger partial charge < -0.3 is 15.0 Å². The number of carbonyl (C=O) groups is 1. The van der Waals surface area contributed by atoms with E-state index in [2.05, 4.69) is 10.3 Å². The first kappa shape index (κ1) is 9.27. The van der Waals surface area contributed by atoms with E-state index in [1.807, 2.05) is 6.92 Å². The third kappa shape index (κ3) is 1.53. The number of H-pyrrole nitrogens is 1. The Kier molecular flexibility index (Phi) is 2.54. The van der Waals surface area contributed by atoms with Crippen LogP contribution in [0.3, 0.4) is 0 Å². The SMILES string of the molecule is CCOC(=O)c1c[nH]c2c1CCNC2. The van der Waals surface area contributed by atoms with Crippen LogP contribution in [0.15, 0.2) is 6.20 Å². The summed E-state index contributed by atoms with van der Waals surface area (Å²) < 4.78 is 4.97. The minimum absolute atomic E-state index is 0.216. The highest BCUT2D eigenvalue weighted by molar-refractivity contribution is 5.91. The first-order valence-corrected chi connectivity index (χ1v) is 4.90. The third-order valence-electron chi connectivity index (χ3n) is 2.43. The lowest BCUT2D eigenvalue weighted by molar-refractivity contribution is 0.0525. The zero-order valence-electron chi connectivity index (χ0n) is 8.22. The van der Waals surface area contributed by atoms with Gasteiger partial charge in [0.15, 0.2) is 0 Å². The summed E-state index contributed by atoms with van der Waals surface area (Å²) in [7, 11) is 0. The molecule has 2 heterocycles. The molecule has 0 atom stereocenters. The van der Waals surface area contributed by atoms with Crippen molar-refractivity contribution < 1.29 is 9.53 Å². The molecule has 0 aromatic carbocycles. The highest BCUT2D eigenvalue weighted by Crippen LogP contribution is 2.18. The van der Waals surface area contributed by atoms with Gasteiger partial charge in [0.25, 0.3) is 0 Å². The lowest BCUT2D eigenvalue weighted by Crippen LogP contribution is -2.24. The van der Waals surface area contributed by atoms with Gasteiger partial charge in [-0.1, -0.05) is 0 Å². The van der Waals surface area contributed by atoms with Crippen molar-refractivity contribution >= 4 is 5.97 Å². The van der Waals surface area contributed by atoms with Crippen LogP contribution in [0, 0.1) is 0 Å². The molecule has 76 valence electrons. The van der Waals surface area contributed by atoms with Crippen molar-refractivity contribution in [2.45, 2.75) is 19.9 Å². The summed E-state index contributed by atoms with van der Waals surface area (Å²) in [5, 5.41) is 3.24. The molecule has 0 saturated carbocycles. The van der Waals surface area contributed by atoms with Gasteiger partial charge in [0.05, 0.1) is 12.2 Å². The highest BCUT2D eigenvalue weighted by atomic mass is 16.5. The molecule has 2 N–H and O–H groups in total. The maximum absolute atomic E-state index is 11.5. The Balaban J connectivity index is 2.25. The Bertz CT molecular complexity index is 344. The van der Waals surface area contributed by atoms with Gasteiger partial charge in [-0.2, -0.15) is 0 Å². The van der Waals surface area contributed by atoms with E-state index in [0.717, 1.165) is 30.8 Å². The number of hydrogen-bond donors (Lipinski definition) is 2. The average Bonchev–Trinajstić information content (AvgIpc) is 2.61. The maximum atomic E-state index is 11.5. The largest absolute Gasteiger partial charge is 0.462 e. The Morgan fingerprint density at radius 2 is 2.50 bits per heavy atom. The second kappa shape index (κ2) is 3.84. The number of nitrogens with one attached hydrogen (secondary N) is 2. The predicted molar refractivity (Wildman–Crippen MR) is 52.2 cm³/mol. The number of fused-ring (bicyclic) bond motifs is 1. The quantitative estimate of drug-likeness (QED) is 0.686. The normalized spacial score (nSPS) is 14.9. The van der Waals surface area contributed by atoms with Crippen molar-refractivity contribution in [3.05, 3.63) is 23.0 Å². The van der Waals surface area contributed by atoms with Crippen LogP contribution in [0.2, 0.25) is 0 Å². The summed E-state index contributed by atoms with van der Waals surface area (Å²) in [6, 6.07) is 0. The summed E-state index contributed by atoms with van der Waals surface area (Å²) in [6.07, 6.45) is 2.64. The number of carbonyl (C=O) groups excluding carboxylic acids is 1. The second-order valence-corrected chi connectivity index (χ2v) is 3.31. The van der Waals surface area contributed by atoms with Gasteiger partial charge in [-0.25, -0.2) is 4.79 Å². The van der Waals surface area contributed by atoms with E-state index < -0.39 is 0 Å². The zero-order chi connectivity index (χ0) is 9.97. The minimum Gasteiger partial charge on any atom is -0.462 e. The van der Waals surface area contributed by atoms with Crippen molar-refractivity contribution in [2.75, 3.05) is 13.2 Å². The number of aromatic nitrogens is 1. The van der Waals surface area contributed by atoms with E-state index in [1.54, 1.807) is 6.20 Å². The summed E-state index contributed by atoms with van der Waals surface area (Å²) in [5.41, 5.74) is 2.92. The zero-order valence-corrected chi connectivity index (χ0v) is 8.22. The van der Waals surface area contributed by atoms with Gasteiger partial charge >= 0.3 is 5.97 Å². The molecule has 0 bridgehead atoms. The molecule has 0 radical (unpaired) electrons. The monoisotopic (exact) mass is 194 g/mol. The van der Waals surface area contributed by atoms with Crippen LogP contribution < -0.4 is 5.32 Å². The van der Waals surface area contributed by atoms with Crippen LogP contribution in [-0.4, -0.2) is 24.1 Å². The molecule has 1 aromatic rings. The van der Waals surface area contributed by atoms with Crippen LogP contribution >= 0.6 is 0 Å². The topological polar surface area (TPSA) is 54.1 Å². The van der Waals surface area contributed by atoms with Crippen molar-refractivity contribution in [1.82, 2.24) is 10.3 Å². The van der Waals surface area contributed by atoms with Gasteiger partial charge in [0.2, 0.25) is 0 Å². The molecule has 4 nitrogen and oxygen atoms in total. The summed E-state index contributed by atoms with van der Waals surface area (Å²) >= 11 is 0. The molecule has 0 unspecified atom stereocenters. The average molecular weight is 194 g/mol. The van der Waals surface area contributed by atoms with Crippen LogP contribution in [0.1, 0.15) is 28.5 Å². The lowest BCUT2D eigenvalue weighted by Gasteiger charge is -2.13. The number of esters is 1. The molecule has 0 fully saturated rings. The fourth-order valence-electron chi connectivity index (χ4n) is 1.76. The van der Waals surface area contributed by atoms with E-state index in [4.69, 9.17) is 4.74 Å². The van der Waals surface area contributed by atoms with Gasteiger partial charge in [-0.05, 0) is 25.5 Å². The summed E-state index contributed by atoms with van der Waals surface area (Å²) in [6.45, 7) is 3.99. The summed E-state index contributed by atoms with van der Waals surface area (Å²) in [4.78, 5) is 14.6. The minimum atomic E-state index is -0.216. The molecular weight excluding hydrogens is 180 g/mol. The lowest BCUT2D eigenvalue weighted by atomic mass is 10.0. The Morgan fingerprint density at radius 1 is 1.64 bits per heavy atom. The molecule has 0 saturated heterocycles. The first-order valence-electron chi connectivity index (χ1n) is 4.90. The van der Waals surface area contributed by atoms with Gasteiger partial charge in [-0.15, -0.1) is 0 Å². The summed E-state index contributed by atoms with van der Waals surface area (Å²) in [5.74, 6) is -0.216. The molecule has 4 heteroatoms. The van der Waals surface area contributed by atoms with Crippen LogP contribution in [-0.2, 0) is 17.7 Å². The molecule has 2 rings (SSSR count). The standard InChI is InChI=1S/C10H14N2O2/c1-2-14-10(13)8-5-12-9-6-11-4-3-7(8)9/h5,11-12H,2-4,6H2,1H3. The molecule has 14 heavy (non-hydrogen) atoms. The molecule has 1 aliphatic rings. The van der Waals surface area contributed by atoms with E-state index in [1.165, 1.54) is 0 Å². The predicted octanol–water partition coefficient (Wildman–Crippen LogP) is 0.837. The number of ether oxygens (including phenoxy) is 1. The smallest absolute Gasteiger partial charge is 0.339 e. The molecule has 0 amide bonds. The van der Waals surface area contributed by atoms with E-state index in [-0.39, 0.29) is 5.97 Å².